The molecule has 7 nitrogen and oxygen atoms in total. The maximum atomic E-state index is 12.4. The Morgan fingerprint density at radius 1 is 1.23 bits per heavy atom. The van der Waals surface area contributed by atoms with Crippen molar-refractivity contribution in [3.63, 3.8) is 0 Å². The molecule has 3 aliphatic rings. The molecule has 4 rings (SSSR count). The number of likely N-dealkylation sites (tertiary alicyclic amines) is 1. The standard InChI is InChI=1S/C22H27ClN6O/c23-18-10-8-17(9-11-18)21-19(28-12-4-7-20(28)30)14-29(26-21)22(25)27(15-24)13-16-5-2-1-3-6-16/h8-11,16,19,25H,1-7,12-14H2. The highest BCUT2D eigenvalue weighted by Gasteiger charge is 2.39. The average Bonchev–Trinajstić information content (AvgIpc) is 3.39. The lowest BCUT2D eigenvalue weighted by Crippen LogP contribution is -2.46. The average molecular weight is 427 g/mol. The molecule has 1 saturated heterocycles. The minimum absolute atomic E-state index is 0.0867. The molecule has 1 unspecified atom stereocenters. The summed E-state index contributed by atoms with van der Waals surface area (Å²) < 4.78 is 0. The van der Waals surface area contributed by atoms with Crippen LogP contribution in [0.4, 0.5) is 0 Å². The summed E-state index contributed by atoms with van der Waals surface area (Å²) in [5, 5.41) is 25.3. The van der Waals surface area contributed by atoms with E-state index in [0.717, 1.165) is 30.5 Å². The quantitative estimate of drug-likeness (QED) is 0.344. The van der Waals surface area contributed by atoms with Crippen LogP contribution in [0.15, 0.2) is 29.4 Å². The number of nitriles is 1. The molecule has 2 aliphatic heterocycles. The predicted molar refractivity (Wildman–Crippen MR) is 116 cm³/mol. The molecule has 0 aromatic heterocycles. The molecule has 0 radical (unpaired) electrons. The summed E-state index contributed by atoms with van der Waals surface area (Å²) in [7, 11) is 0. The van der Waals surface area contributed by atoms with Gasteiger partial charge in [0.25, 0.3) is 0 Å². The van der Waals surface area contributed by atoms with Crippen molar-refractivity contribution >= 4 is 29.2 Å². The molecule has 1 saturated carbocycles. The summed E-state index contributed by atoms with van der Waals surface area (Å²) >= 11 is 6.05. The van der Waals surface area contributed by atoms with Gasteiger partial charge < -0.3 is 4.90 Å². The van der Waals surface area contributed by atoms with E-state index < -0.39 is 0 Å². The number of hydrogen-bond donors (Lipinski definition) is 1. The molecule has 0 spiro atoms. The van der Waals surface area contributed by atoms with Crippen LogP contribution in [0, 0.1) is 22.8 Å². The van der Waals surface area contributed by atoms with Gasteiger partial charge in [0.05, 0.1) is 18.3 Å². The second-order valence-corrected chi connectivity index (χ2v) is 8.76. The number of amides is 1. The van der Waals surface area contributed by atoms with Crippen molar-refractivity contribution in [1.29, 1.82) is 10.7 Å². The number of halogens is 1. The Kier molecular flexibility index (Phi) is 6.24. The maximum Gasteiger partial charge on any atom is 0.228 e. The van der Waals surface area contributed by atoms with Gasteiger partial charge in [-0.3, -0.25) is 10.2 Å². The monoisotopic (exact) mass is 426 g/mol. The minimum Gasteiger partial charge on any atom is -0.332 e. The summed E-state index contributed by atoms with van der Waals surface area (Å²) in [4.78, 5) is 15.7. The third-order valence-electron chi connectivity index (χ3n) is 6.30. The van der Waals surface area contributed by atoms with E-state index in [-0.39, 0.29) is 17.9 Å². The van der Waals surface area contributed by atoms with Gasteiger partial charge in [-0.25, -0.2) is 9.91 Å². The topological polar surface area (TPSA) is 86.8 Å². The second-order valence-electron chi connectivity index (χ2n) is 8.32. The van der Waals surface area contributed by atoms with Crippen LogP contribution < -0.4 is 0 Å². The maximum absolute atomic E-state index is 12.4. The number of benzene rings is 1. The van der Waals surface area contributed by atoms with Gasteiger partial charge >= 0.3 is 0 Å². The van der Waals surface area contributed by atoms with Gasteiger partial charge in [-0.05, 0) is 37.3 Å². The van der Waals surface area contributed by atoms with Crippen molar-refractivity contribution in [3.8, 4) is 6.19 Å². The van der Waals surface area contributed by atoms with Crippen LogP contribution in [0.2, 0.25) is 5.02 Å². The number of hydrogen-bond acceptors (Lipinski definition) is 4. The number of nitrogens with one attached hydrogen (secondary N) is 1. The summed E-state index contributed by atoms with van der Waals surface area (Å²) in [5.74, 6) is 0.648. The fraction of sp³-hybridized carbons (Fsp3) is 0.545. The van der Waals surface area contributed by atoms with Crippen LogP contribution in [0.3, 0.4) is 0 Å². The fourth-order valence-electron chi connectivity index (χ4n) is 4.68. The zero-order valence-corrected chi connectivity index (χ0v) is 17.8. The van der Waals surface area contributed by atoms with E-state index in [0.29, 0.717) is 37.0 Å². The summed E-state index contributed by atoms with van der Waals surface area (Å²) in [6.07, 6.45) is 9.43. The predicted octanol–water partition coefficient (Wildman–Crippen LogP) is 3.65. The summed E-state index contributed by atoms with van der Waals surface area (Å²) in [5.41, 5.74) is 1.64. The van der Waals surface area contributed by atoms with E-state index in [2.05, 4.69) is 6.19 Å². The molecule has 1 atom stereocenters. The smallest absolute Gasteiger partial charge is 0.228 e. The van der Waals surface area contributed by atoms with Crippen molar-refractivity contribution in [1.82, 2.24) is 14.8 Å². The van der Waals surface area contributed by atoms with Crippen molar-refractivity contribution in [2.75, 3.05) is 19.6 Å². The molecule has 2 fully saturated rings. The van der Waals surface area contributed by atoms with E-state index in [1.54, 1.807) is 17.1 Å². The highest BCUT2D eigenvalue weighted by molar-refractivity contribution is 6.30. The van der Waals surface area contributed by atoms with Gasteiger partial charge in [-0.1, -0.05) is 43.0 Å². The van der Waals surface area contributed by atoms with Gasteiger partial charge in [-0.2, -0.15) is 10.4 Å². The summed E-state index contributed by atoms with van der Waals surface area (Å²) in [6, 6.07) is 7.18. The highest BCUT2D eigenvalue weighted by atomic mass is 35.5. The minimum atomic E-state index is -0.225. The van der Waals surface area contributed by atoms with E-state index in [9.17, 15) is 10.1 Å². The Hall–Kier alpha value is -2.59. The molecule has 30 heavy (non-hydrogen) atoms. The van der Waals surface area contributed by atoms with Gasteiger partial charge in [0.2, 0.25) is 11.9 Å². The Morgan fingerprint density at radius 3 is 2.60 bits per heavy atom. The lowest BCUT2D eigenvalue weighted by atomic mass is 9.89. The van der Waals surface area contributed by atoms with Crippen molar-refractivity contribution in [2.45, 2.75) is 51.0 Å². The zero-order valence-electron chi connectivity index (χ0n) is 17.1. The molecule has 158 valence electrons. The van der Waals surface area contributed by atoms with Crippen LogP contribution in [0.5, 0.6) is 0 Å². The highest BCUT2D eigenvalue weighted by Crippen LogP contribution is 2.27. The van der Waals surface area contributed by atoms with Gasteiger partial charge in [-0.15, -0.1) is 0 Å². The first-order valence-electron chi connectivity index (χ1n) is 10.7. The Morgan fingerprint density at radius 2 is 1.97 bits per heavy atom. The van der Waals surface area contributed by atoms with E-state index in [1.807, 2.05) is 17.0 Å². The number of guanidine groups is 1. The van der Waals surface area contributed by atoms with Crippen LogP contribution in [0.25, 0.3) is 0 Å². The number of carbonyl (C=O) groups excluding carboxylic acids is 1. The first-order chi connectivity index (χ1) is 14.6. The lowest BCUT2D eigenvalue weighted by Gasteiger charge is -2.29. The van der Waals surface area contributed by atoms with Crippen molar-refractivity contribution < 1.29 is 4.79 Å². The third kappa shape index (κ3) is 4.29. The lowest BCUT2D eigenvalue weighted by molar-refractivity contribution is -0.128. The van der Waals surface area contributed by atoms with Crippen LogP contribution in [0.1, 0.15) is 50.5 Å². The normalized spacial score (nSPS) is 22.2. The van der Waals surface area contributed by atoms with Crippen molar-refractivity contribution in [3.05, 3.63) is 34.9 Å². The van der Waals surface area contributed by atoms with E-state index in [4.69, 9.17) is 22.1 Å². The molecule has 1 aromatic rings. The molecular weight excluding hydrogens is 400 g/mol. The first kappa shape index (κ1) is 20.7. The van der Waals surface area contributed by atoms with E-state index in [1.165, 1.54) is 24.2 Å². The van der Waals surface area contributed by atoms with Crippen LogP contribution >= 0.6 is 11.6 Å². The molecular formula is C22H27ClN6O. The number of nitrogens with zero attached hydrogens (tertiary/aromatic N) is 5. The number of carbonyl (C=O) groups is 1. The van der Waals surface area contributed by atoms with Crippen LogP contribution in [-0.4, -0.2) is 58.1 Å². The molecule has 1 aliphatic carbocycles. The third-order valence-corrected chi connectivity index (χ3v) is 6.55. The molecule has 8 heteroatoms. The second kappa shape index (κ2) is 9.05. The van der Waals surface area contributed by atoms with E-state index >= 15 is 0 Å². The van der Waals surface area contributed by atoms with Crippen LogP contribution in [-0.2, 0) is 4.79 Å². The molecule has 2 heterocycles. The number of rotatable bonds is 4. The largest absolute Gasteiger partial charge is 0.332 e. The van der Waals surface area contributed by atoms with Gasteiger partial charge in [0.15, 0.2) is 6.19 Å². The zero-order chi connectivity index (χ0) is 21.1. The Labute approximate surface area is 182 Å². The Balaban J connectivity index is 1.56. The Bertz CT molecular complexity index is 871. The SMILES string of the molecule is N#CN(CC1CCCCC1)C(=N)N1CC(N2CCCC2=O)C(c2ccc(Cl)cc2)=N1. The van der Waals surface area contributed by atoms with Crippen molar-refractivity contribution in [2.24, 2.45) is 11.0 Å². The molecule has 1 N–H and O–H groups in total. The summed E-state index contributed by atoms with van der Waals surface area (Å²) in [6.45, 7) is 1.65. The number of hydrazone groups is 1. The molecule has 1 amide bonds. The first-order valence-corrected chi connectivity index (χ1v) is 11.1. The van der Waals surface area contributed by atoms with Gasteiger partial charge in [0.1, 0.15) is 0 Å². The fourth-order valence-corrected chi connectivity index (χ4v) is 4.81. The van der Waals surface area contributed by atoms with Gasteiger partial charge in [0, 0.05) is 30.1 Å². The molecule has 1 aromatic carbocycles. The molecule has 0 bridgehead atoms.